The lowest BCUT2D eigenvalue weighted by molar-refractivity contribution is -1.06. The fourth-order valence-electron chi connectivity index (χ4n) is 0.306. The molecule has 44 valence electrons. The van der Waals surface area contributed by atoms with Crippen LogP contribution in [0.25, 0.3) is 0 Å². The number of hydroxylamine groups is 2. The van der Waals surface area contributed by atoms with E-state index < -0.39 is 0 Å². The van der Waals surface area contributed by atoms with E-state index in [2.05, 4.69) is 6.92 Å². The maximum Gasteiger partial charge on any atom is 0.106 e. The SMILES string of the molecule is CCCO[NH+](C)C. The van der Waals surface area contributed by atoms with Gasteiger partial charge in [0.15, 0.2) is 0 Å². The van der Waals surface area contributed by atoms with Crippen LogP contribution >= 0.6 is 0 Å². The van der Waals surface area contributed by atoms with Crippen molar-refractivity contribution in [3.63, 3.8) is 0 Å². The van der Waals surface area contributed by atoms with Gasteiger partial charge in [-0.1, -0.05) is 6.92 Å². The molecule has 0 aliphatic carbocycles. The van der Waals surface area contributed by atoms with Crippen LogP contribution in [0.1, 0.15) is 13.3 Å². The number of quaternary nitrogens is 1. The minimum atomic E-state index is 0.863. The Bertz CT molecular complexity index is 37.1. The van der Waals surface area contributed by atoms with Crippen molar-refractivity contribution < 1.29 is 9.90 Å². The smallest absolute Gasteiger partial charge is 0.106 e. The Morgan fingerprint density at radius 3 is 2.14 bits per heavy atom. The fourth-order valence-corrected chi connectivity index (χ4v) is 0.306. The molecule has 0 spiro atoms. The zero-order valence-corrected chi connectivity index (χ0v) is 5.32. The summed E-state index contributed by atoms with van der Waals surface area (Å²) in [5, 5.41) is 1.06. The van der Waals surface area contributed by atoms with Gasteiger partial charge in [-0.25, -0.2) is 4.84 Å². The molecule has 0 aromatic carbocycles. The second-order valence-electron chi connectivity index (χ2n) is 1.76. The van der Waals surface area contributed by atoms with Crippen LogP contribution in [0, 0.1) is 0 Å². The summed E-state index contributed by atoms with van der Waals surface area (Å²) in [6, 6.07) is 0. The van der Waals surface area contributed by atoms with E-state index in [0.29, 0.717) is 0 Å². The highest BCUT2D eigenvalue weighted by molar-refractivity contribution is 4.13. The van der Waals surface area contributed by atoms with Crippen molar-refractivity contribution in [2.75, 3.05) is 20.7 Å². The third-order valence-corrected chi connectivity index (χ3v) is 0.595. The van der Waals surface area contributed by atoms with E-state index in [1.165, 1.54) is 0 Å². The maximum atomic E-state index is 5.11. The van der Waals surface area contributed by atoms with Crippen molar-refractivity contribution in [1.29, 1.82) is 0 Å². The van der Waals surface area contributed by atoms with Crippen LogP contribution < -0.4 is 5.06 Å². The minimum Gasteiger partial charge on any atom is -0.205 e. The maximum absolute atomic E-state index is 5.11. The van der Waals surface area contributed by atoms with Crippen LogP contribution in [0.2, 0.25) is 0 Å². The van der Waals surface area contributed by atoms with E-state index in [4.69, 9.17) is 4.84 Å². The van der Waals surface area contributed by atoms with Gasteiger partial charge in [0.2, 0.25) is 0 Å². The van der Waals surface area contributed by atoms with Gasteiger partial charge in [0, 0.05) is 0 Å². The van der Waals surface area contributed by atoms with Crippen LogP contribution in [-0.4, -0.2) is 20.7 Å². The molecule has 0 atom stereocenters. The first-order valence-corrected chi connectivity index (χ1v) is 2.70. The zero-order valence-electron chi connectivity index (χ0n) is 5.32. The molecule has 0 saturated heterocycles. The third kappa shape index (κ3) is 5.92. The van der Waals surface area contributed by atoms with Crippen molar-refractivity contribution >= 4 is 0 Å². The van der Waals surface area contributed by atoms with Crippen molar-refractivity contribution in [2.24, 2.45) is 0 Å². The number of rotatable bonds is 3. The van der Waals surface area contributed by atoms with E-state index in [1.54, 1.807) is 0 Å². The average molecular weight is 104 g/mol. The summed E-state index contributed by atoms with van der Waals surface area (Å²) in [4.78, 5) is 5.11. The van der Waals surface area contributed by atoms with Gasteiger partial charge in [0.1, 0.15) is 6.61 Å². The molecule has 0 aliphatic heterocycles. The van der Waals surface area contributed by atoms with Gasteiger partial charge in [-0.2, -0.15) is 5.06 Å². The van der Waals surface area contributed by atoms with Crippen LogP contribution in [0.4, 0.5) is 0 Å². The molecule has 0 saturated carbocycles. The molecular formula is C5H14NO+. The Balaban J connectivity index is 2.68. The lowest BCUT2D eigenvalue weighted by Crippen LogP contribution is -3.04. The zero-order chi connectivity index (χ0) is 5.70. The number of hydrogen-bond donors (Lipinski definition) is 1. The van der Waals surface area contributed by atoms with E-state index in [0.717, 1.165) is 18.1 Å². The first kappa shape index (κ1) is 6.92. The van der Waals surface area contributed by atoms with E-state index in [9.17, 15) is 0 Å². The Labute approximate surface area is 45.0 Å². The van der Waals surface area contributed by atoms with Crippen LogP contribution in [0.15, 0.2) is 0 Å². The van der Waals surface area contributed by atoms with Crippen LogP contribution in [0.5, 0.6) is 0 Å². The number of hydrogen-bond acceptors (Lipinski definition) is 1. The molecule has 0 aliphatic rings. The molecule has 0 aromatic rings. The van der Waals surface area contributed by atoms with E-state index in [1.807, 2.05) is 14.1 Å². The highest BCUT2D eigenvalue weighted by Crippen LogP contribution is 1.68. The van der Waals surface area contributed by atoms with Crippen LogP contribution in [-0.2, 0) is 4.84 Å². The molecular weight excluding hydrogens is 90.1 g/mol. The molecule has 0 rings (SSSR count). The van der Waals surface area contributed by atoms with Gasteiger partial charge >= 0.3 is 0 Å². The van der Waals surface area contributed by atoms with Gasteiger partial charge in [-0.15, -0.1) is 0 Å². The topological polar surface area (TPSA) is 13.7 Å². The second kappa shape index (κ2) is 4.09. The summed E-state index contributed by atoms with van der Waals surface area (Å²) < 4.78 is 0. The molecule has 2 heteroatoms. The lowest BCUT2D eigenvalue weighted by Gasteiger charge is -2.02. The van der Waals surface area contributed by atoms with E-state index in [-0.39, 0.29) is 0 Å². The highest BCUT2D eigenvalue weighted by atomic mass is 16.7. The van der Waals surface area contributed by atoms with Gasteiger partial charge in [-0.05, 0) is 6.42 Å². The van der Waals surface area contributed by atoms with Gasteiger partial charge in [-0.3, -0.25) is 0 Å². The average Bonchev–Trinajstić information content (AvgIpc) is 1.61. The number of nitrogens with one attached hydrogen (secondary N) is 1. The summed E-state index contributed by atoms with van der Waals surface area (Å²) in [6.07, 6.45) is 1.10. The Morgan fingerprint density at radius 2 is 2.00 bits per heavy atom. The summed E-state index contributed by atoms with van der Waals surface area (Å²) >= 11 is 0. The Kier molecular flexibility index (Phi) is 4.04. The largest absolute Gasteiger partial charge is 0.205 e. The molecule has 2 nitrogen and oxygen atoms in total. The van der Waals surface area contributed by atoms with Crippen molar-refractivity contribution in [3.05, 3.63) is 0 Å². The molecule has 0 radical (unpaired) electrons. The monoisotopic (exact) mass is 104 g/mol. The van der Waals surface area contributed by atoms with Crippen molar-refractivity contribution in [2.45, 2.75) is 13.3 Å². The predicted molar refractivity (Wildman–Crippen MR) is 29.1 cm³/mol. The Morgan fingerprint density at radius 1 is 1.43 bits per heavy atom. The summed E-state index contributed by atoms with van der Waals surface area (Å²) in [6.45, 7) is 2.96. The third-order valence-electron chi connectivity index (χ3n) is 0.595. The van der Waals surface area contributed by atoms with E-state index >= 15 is 0 Å². The molecule has 0 unspecified atom stereocenters. The quantitative estimate of drug-likeness (QED) is 0.475. The second-order valence-corrected chi connectivity index (χ2v) is 1.76. The fraction of sp³-hybridized carbons (Fsp3) is 1.00. The highest BCUT2D eigenvalue weighted by Gasteiger charge is 1.86. The van der Waals surface area contributed by atoms with Gasteiger partial charge in [0.05, 0.1) is 14.1 Å². The summed E-state index contributed by atoms with van der Waals surface area (Å²) in [5.41, 5.74) is 0. The Hall–Kier alpha value is -0.0800. The predicted octanol–water partition coefficient (Wildman–Crippen LogP) is -0.527. The minimum absolute atomic E-state index is 0.863. The standard InChI is InChI=1S/C5H13NO/c1-4-5-7-6(2)3/h4-5H2,1-3H3/p+1. The first-order valence-electron chi connectivity index (χ1n) is 2.70. The van der Waals surface area contributed by atoms with Crippen molar-refractivity contribution in [3.8, 4) is 0 Å². The molecule has 1 N–H and O–H groups in total. The lowest BCUT2D eigenvalue weighted by atomic mass is 10.5. The molecule has 0 fully saturated rings. The van der Waals surface area contributed by atoms with Gasteiger partial charge in [0.25, 0.3) is 0 Å². The normalized spacial score (nSPS) is 10.3. The van der Waals surface area contributed by atoms with Crippen LogP contribution in [0.3, 0.4) is 0 Å². The molecule has 0 aromatic heterocycles. The molecule has 0 heterocycles. The molecule has 0 amide bonds. The molecule has 0 bridgehead atoms. The van der Waals surface area contributed by atoms with Crippen molar-refractivity contribution in [1.82, 2.24) is 0 Å². The first-order chi connectivity index (χ1) is 3.27. The summed E-state index contributed by atoms with van der Waals surface area (Å²) in [7, 11) is 3.94. The molecule has 7 heavy (non-hydrogen) atoms. The van der Waals surface area contributed by atoms with Gasteiger partial charge < -0.3 is 0 Å². The summed E-state index contributed by atoms with van der Waals surface area (Å²) in [5.74, 6) is 0.